The van der Waals surface area contributed by atoms with Crippen molar-refractivity contribution in [2.75, 3.05) is 38.1 Å². The number of anilines is 1. The van der Waals surface area contributed by atoms with Crippen molar-refractivity contribution in [1.82, 2.24) is 9.80 Å². The van der Waals surface area contributed by atoms with Crippen LogP contribution in [0.1, 0.15) is 11.1 Å². The minimum absolute atomic E-state index is 0.0659. The van der Waals surface area contributed by atoms with Gasteiger partial charge in [-0.1, -0.05) is 48.5 Å². The van der Waals surface area contributed by atoms with Gasteiger partial charge in [-0.3, -0.25) is 14.6 Å². The van der Waals surface area contributed by atoms with Gasteiger partial charge in [-0.25, -0.2) is 19.6 Å². The molecule has 13 heteroatoms. The summed E-state index contributed by atoms with van der Waals surface area (Å²) in [5, 5.41) is 33.1. The van der Waals surface area contributed by atoms with E-state index in [1.165, 1.54) is 0 Å². The zero-order valence-electron chi connectivity index (χ0n) is 21.5. The smallest absolute Gasteiger partial charge is 0.335 e. The van der Waals surface area contributed by atoms with Gasteiger partial charge in [-0.2, -0.15) is 0 Å². The number of likely N-dealkylation sites (N-methyl/N-ethyl adjacent to an activating group) is 1. The summed E-state index contributed by atoms with van der Waals surface area (Å²) in [5.74, 6) is -3.09. The fraction of sp³-hybridized carbons (Fsp3) is 0.296. The standard InChI is InChI=1S/C23H22ClN5O.C4H6O6/c1-15-21-26-22(28-12-10-27(2)11-13-28)23(30)29(21)19-9-8-17(24)14-18(19)20(25-15)16-6-4-3-5-7-16;5-1(3(7)8)2(6)4(9)10/h3-9,14,22H,1,10-13H2,2H3;1-2,5-6H,(H,7,8)(H,9,10). The summed E-state index contributed by atoms with van der Waals surface area (Å²) in [6.45, 7) is 7.58. The third-order valence-electron chi connectivity index (χ3n) is 6.59. The van der Waals surface area contributed by atoms with E-state index >= 15 is 0 Å². The lowest BCUT2D eigenvalue weighted by atomic mass is 10.00. The molecule has 3 heterocycles. The SMILES string of the molecule is C=C1N=C(c2ccccc2)c2cc(Cl)ccc2N2C(=O)C(N3CCN(C)CC3)N=C12.O=C(O)C(O)C(O)C(=O)O. The molecule has 2 aromatic rings. The zero-order valence-corrected chi connectivity index (χ0v) is 22.3. The van der Waals surface area contributed by atoms with Crippen molar-refractivity contribution in [2.45, 2.75) is 18.4 Å². The first-order valence-corrected chi connectivity index (χ1v) is 12.7. The molecule has 0 aromatic heterocycles. The van der Waals surface area contributed by atoms with E-state index in [1.54, 1.807) is 11.0 Å². The van der Waals surface area contributed by atoms with Crippen LogP contribution < -0.4 is 4.90 Å². The van der Waals surface area contributed by atoms with E-state index in [2.05, 4.69) is 23.4 Å². The largest absolute Gasteiger partial charge is 0.479 e. The lowest BCUT2D eigenvalue weighted by Crippen LogP contribution is -2.52. The van der Waals surface area contributed by atoms with Gasteiger partial charge in [0.2, 0.25) is 0 Å². The lowest BCUT2D eigenvalue weighted by molar-refractivity contribution is -0.165. The van der Waals surface area contributed by atoms with Gasteiger partial charge >= 0.3 is 11.9 Å². The first-order valence-electron chi connectivity index (χ1n) is 12.3. The quantitative estimate of drug-likeness (QED) is 0.409. The maximum atomic E-state index is 13.5. The Bertz CT molecular complexity index is 1370. The van der Waals surface area contributed by atoms with Crippen LogP contribution >= 0.6 is 11.6 Å². The van der Waals surface area contributed by atoms with Gasteiger partial charge in [-0.05, 0) is 25.2 Å². The van der Waals surface area contributed by atoms with Crippen LogP contribution in [0.25, 0.3) is 0 Å². The summed E-state index contributed by atoms with van der Waals surface area (Å²) >= 11 is 6.34. The second-order valence-electron chi connectivity index (χ2n) is 9.34. The maximum Gasteiger partial charge on any atom is 0.335 e. The van der Waals surface area contributed by atoms with E-state index in [4.69, 9.17) is 42.0 Å². The fourth-order valence-electron chi connectivity index (χ4n) is 4.41. The van der Waals surface area contributed by atoms with Crippen LogP contribution in [0.5, 0.6) is 0 Å². The number of halogens is 1. The molecular weight excluding hydrogens is 542 g/mol. The Labute approximate surface area is 234 Å². The molecular formula is C27H28ClN5O7. The highest BCUT2D eigenvalue weighted by molar-refractivity contribution is 6.35. The molecule has 4 N–H and O–H groups in total. The second kappa shape index (κ2) is 12.1. The Kier molecular flexibility index (Phi) is 8.76. The average molecular weight is 570 g/mol. The topological polar surface area (TPSA) is 167 Å². The monoisotopic (exact) mass is 569 g/mol. The number of amides is 1. The first-order chi connectivity index (χ1) is 19.0. The number of fused-ring (bicyclic) bond motifs is 3. The number of carbonyl (C=O) groups excluding carboxylic acids is 1. The summed E-state index contributed by atoms with van der Waals surface area (Å²) in [6.07, 6.45) is -5.07. The summed E-state index contributed by atoms with van der Waals surface area (Å²) in [4.78, 5) is 48.7. The number of hydrogen-bond donors (Lipinski definition) is 4. The van der Waals surface area contributed by atoms with Crippen LogP contribution in [0.4, 0.5) is 5.69 Å². The number of hydrogen-bond acceptors (Lipinski definition) is 9. The molecule has 3 aliphatic heterocycles. The van der Waals surface area contributed by atoms with E-state index in [0.29, 0.717) is 16.6 Å². The highest BCUT2D eigenvalue weighted by atomic mass is 35.5. The molecule has 3 atom stereocenters. The molecule has 3 aliphatic rings. The number of piperazine rings is 1. The van der Waals surface area contributed by atoms with E-state index < -0.39 is 30.3 Å². The number of aliphatic imine (C=N–C) groups is 2. The number of benzene rings is 2. The summed E-state index contributed by atoms with van der Waals surface area (Å²) < 4.78 is 0. The summed E-state index contributed by atoms with van der Waals surface area (Å²) in [6, 6.07) is 15.4. The van der Waals surface area contributed by atoms with E-state index in [9.17, 15) is 14.4 Å². The van der Waals surface area contributed by atoms with Crippen LogP contribution in [0.3, 0.4) is 0 Å². The van der Waals surface area contributed by atoms with Gasteiger partial charge in [0.05, 0.1) is 17.1 Å². The molecule has 3 unspecified atom stereocenters. The Morgan fingerprint density at radius 1 is 1.00 bits per heavy atom. The number of aliphatic hydroxyl groups is 2. The first kappa shape index (κ1) is 29.1. The molecule has 2 aromatic carbocycles. The molecule has 1 fully saturated rings. The summed E-state index contributed by atoms with van der Waals surface area (Å²) in [5.41, 5.74) is 3.69. The van der Waals surface area contributed by atoms with Gasteiger partial charge in [0.1, 0.15) is 0 Å². The highest BCUT2D eigenvalue weighted by Gasteiger charge is 2.43. The van der Waals surface area contributed by atoms with Gasteiger partial charge in [0, 0.05) is 42.3 Å². The van der Waals surface area contributed by atoms with E-state index in [1.807, 2.05) is 42.5 Å². The van der Waals surface area contributed by atoms with Crippen molar-refractivity contribution in [3.63, 3.8) is 0 Å². The zero-order chi connectivity index (χ0) is 29.1. The third kappa shape index (κ3) is 5.96. The molecule has 1 saturated heterocycles. The second-order valence-corrected chi connectivity index (χ2v) is 9.78. The van der Waals surface area contributed by atoms with Gasteiger partial charge in [0.25, 0.3) is 5.91 Å². The van der Waals surface area contributed by atoms with Crippen molar-refractivity contribution in [1.29, 1.82) is 0 Å². The molecule has 0 radical (unpaired) electrons. The van der Waals surface area contributed by atoms with Crippen molar-refractivity contribution in [3.8, 4) is 0 Å². The number of carboxylic acids is 2. The number of aliphatic hydroxyl groups excluding tert-OH is 2. The predicted molar refractivity (Wildman–Crippen MR) is 148 cm³/mol. The van der Waals surface area contributed by atoms with E-state index in [-0.39, 0.29) is 5.91 Å². The molecule has 12 nitrogen and oxygen atoms in total. The Morgan fingerprint density at radius 2 is 1.60 bits per heavy atom. The Hall–Kier alpha value is -3.94. The van der Waals surface area contributed by atoms with E-state index in [0.717, 1.165) is 48.7 Å². The van der Waals surface area contributed by atoms with Crippen LogP contribution in [-0.2, 0) is 14.4 Å². The molecule has 40 heavy (non-hydrogen) atoms. The lowest BCUT2D eigenvalue weighted by Gasteiger charge is -2.34. The molecule has 210 valence electrons. The fourth-order valence-corrected chi connectivity index (χ4v) is 4.59. The normalized spacial score (nSPS) is 20.7. The van der Waals surface area contributed by atoms with Crippen molar-refractivity contribution in [2.24, 2.45) is 9.98 Å². The van der Waals surface area contributed by atoms with Crippen LogP contribution in [-0.4, -0.2) is 111 Å². The van der Waals surface area contributed by atoms with Crippen LogP contribution in [0.15, 0.2) is 70.8 Å². The average Bonchev–Trinajstić information content (AvgIpc) is 3.22. The van der Waals surface area contributed by atoms with Crippen molar-refractivity contribution in [3.05, 3.63) is 77.0 Å². The Morgan fingerprint density at radius 3 is 2.17 bits per heavy atom. The molecule has 1 amide bonds. The molecule has 0 bridgehead atoms. The van der Waals surface area contributed by atoms with Crippen molar-refractivity contribution < 1.29 is 34.8 Å². The number of nitrogens with zero attached hydrogens (tertiary/aromatic N) is 5. The van der Waals surface area contributed by atoms with Crippen LogP contribution in [0, 0.1) is 0 Å². The van der Waals surface area contributed by atoms with Gasteiger partial charge in [-0.15, -0.1) is 0 Å². The number of rotatable bonds is 5. The number of aliphatic carboxylic acids is 2. The molecule has 0 spiro atoms. The van der Waals surface area contributed by atoms with Crippen LogP contribution in [0.2, 0.25) is 5.02 Å². The third-order valence-corrected chi connectivity index (χ3v) is 6.83. The summed E-state index contributed by atoms with van der Waals surface area (Å²) in [7, 11) is 2.09. The van der Waals surface area contributed by atoms with Crippen molar-refractivity contribution >= 4 is 46.7 Å². The number of carbonyl (C=O) groups is 3. The molecule has 5 rings (SSSR count). The van der Waals surface area contributed by atoms with Gasteiger partial charge < -0.3 is 25.3 Å². The predicted octanol–water partition coefficient (Wildman–Crippen LogP) is 0.901. The minimum Gasteiger partial charge on any atom is -0.479 e. The highest BCUT2D eigenvalue weighted by Crippen LogP contribution is 2.35. The maximum absolute atomic E-state index is 13.5. The number of amidine groups is 1. The Balaban J connectivity index is 0.000000318. The van der Waals surface area contributed by atoms with Gasteiger partial charge in [0.15, 0.2) is 24.2 Å². The molecule has 0 aliphatic carbocycles. The number of carboxylic acid groups (broad SMARTS) is 2. The molecule has 0 saturated carbocycles. The minimum atomic E-state index is -2.27.